The van der Waals surface area contributed by atoms with Crippen LogP contribution in [0.3, 0.4) is 0 Å². The molecule has 120 valence electrons. The van der Waals surface area contributed by atoms with Gasteiger partial charge in [0.05, 0.1) is 10.6 Å². The molecule has 0 spiro atoms. The van der Waals surface area contributed by atoms with Gasteiger partial charge in [0.25, 0.3) is 15.9 Å². The van der Waals surface area contributed by atoms with Crippen molar-refractivity contribution in [1.82, 2.24) is 0 Å². The number of rotatable bonds is 3. The van der Waals surface area contributed by atoms with Gasteiger partial charge in [0, 0.05) is 11.8 Å². The van der Waals surface area contributed by atoms with Crippen LogP contribution in [0.25, 0.3) is 0 Å². The van der Waals surface area contributed by atoms with Gasteiger partial charge in [0.1, 0.15) is 11.6 Å². The van der Waals surface area contributed by atoms with E-state index < -0.39 is 15.8 Å². The highest BCUT2D eigenvalue weighted by molar-refractivity contribution is 7.92. The zero-order valence-electron chi connectivity index (χ0n) is 12.1. The summed E-state index contributed by atoms with van der Waals surface area (Å²) in [6.07, 6.45) is 0. The molecule has 0 radical (unpaired) electrons. The lowest BCUT2D eigenvalue weighted by Gasteiger charge is -2.20. The normalized spacial score (nSPS) is 13.7. The van der Waals surface area contributed by atoms with E-state index in [1.165, 1.54) is 24.3 Å². The molecule has 2 aromatic carbocycles. The summed E-state index contributed by atoms with van der Waals surface area (Å²) in [5.41, 5.74) is 1.13. The number of carbonyl (C=O) groups excluding carboxylic acids is 1. The Balaban J connectivity index is 1.96. The maximum absolute atomic E-state index is 12.9. The summed E-state index contributed by atoms with van der Waals surface area (Å²) in [6, 6.07) is 7.88. The SMILES string of the molecule is Cc1cc2c(cc1S(=O)(=O)Nc1ccc(F)cc1)OCC(=O)N2. The third-order valence-corrected chi connectivity index (χ3v) is 4.82. The third-order valence-electron chi connectivity index (χ3n) is 3.30. The first-order valence-corrected chi connectivity index (χ1v) is 8.19. The molecule has 0 saturated carbocycles. The average Bonchev–Trinajstić information content (AvgIpc) is 2.48. The highest BCUT2D eigenvalue weighted by Crippen LogP contribution is 2.33. The lowest BCUT2D eigenvalue weighted by Crippen LogP contribution is -2.26. The first kappa shape index (κ1) is 15.3. The zero-order chi connectivity index (χ0) is 16.6. The van der Waals surface area contributed by atoms with E-state index in [1.54, 1.807) is 6.92 Å². The maximum atomic E-state index is 12.9. The minimum Gasteiger partial charge on any atom is -0.482 e. The molecule has 1 heterocycles. The number of hydrogen-bond acceptors (Lipinski definition) is 4. The summed E-state index contributed by atoms with van der Waals surface area (Å²) in [6.45, 7) is 1.45. The minimum absolute atomic E-state index is 0.0247. The predicted octanol–water partition coefficient (Wildman–Crippen LogP) is 2.27. The van der Waals surface area contributed by atoms with E-state index in [2.05, 4.69) is 10.0 Å². The highest BCUT2D eigenvalue weighted by Gasteiger charge is 2.23. The molecule has 8 heteroatoms. The van der Waals surface area contributed by atoms with Crippen molar-refractivity contribution >= 4 is 27.3 Å². The van der Waals surface area contributed by atoms with Gasteiger partial charge >= 0.3 is 0 Å². The van der Waals surface area contributed by atoms with Gasteiger partial charge in [-0.1, -0.05) is 0 Å². The monoisotopic (exact) mass is 336 g/mol. The van der Waals surface area contributed by atoms with Gasteiger partial charge in [-0.15, -0.1) is 0 Å². The summed E-state index contributed by atoms with van der Waals surface area (Å²) in [7, 11) is -3.87. The fraction of sp³-hybridized carbons (Fsp3) is 0.133. The topological polar surface area (TPSA) is 84.5 Å². The predicted molar refractivity (Wildman–Crippen MR) is 82.5 cm³/mol. The molecule has 0 atom stereocenters. The molecule has 0 aliphatic carbocycles. The van der Waals surface area contributed by atoms with Crippen molar-refractivity contribution in [2.75, 3.05) is 16.6 Å². The van der Waals surface area contributed by atoms with Gasteiger partial charge in [0.15, 0.2) is 6.61 Å². The first-order valence-electron chi connectivity index (χ1n) is 6.71. The summed E-state index contributed by atoms with van der Waals surface area (Å²) >= 11 is 0. The van der Waals surface area contributed by atoms with Crippen LogP contribution in [0.1, 0.15) is 5.56 Å². The van der Waals surface area contributed by atoms with Crippen LogP contribution in [0.2, 0.25) is 0 Å². The van der Waals surface area contributed by atoms with Crippen LogP contribution in [0.4, 0.5) is 15.8 Å². The Labute approximate surface area is 132 Å². The molecule has 6 nitrogen and oxygen atoms in total. The van der Waals surface area contributed by atoms with Crippen LogP contribution >= 0.6 is 0 Å². The van der Waals surface area contributed by atoms with E-state index in [1.807, 2.05) is 0 Å². The molecule has 1 aliphatic rings. The van der Waals surface area contributed by atoms with Crippen LogP contribution in [-0.4, -0.2) is 20.9 Å². The van der Waals surface area contributed by atoms with Gasteiger partial charge in [-0.25, -0.2) is 12.8 Å². The fourth-order valence-corrected chi connectivity index (χ4v) is 3.54. The Morgan fingerprint density at radius 3 is 2.61 bits per heavy atom. The quantitative estimate of drug-likeness (QED) is 0.900. The van der Waals surface area contributed by atoms with Gasteiger partial charge in [-0.05, 0) is 42.8 Å². The van der Waals surface area contributed by atoms with Gasteiger partial charge in [-0.3, -0.25) is 9.52 Å². The van der Waals surface area contributed by atoms with Crippen LogP contribution in [0.15, 0.2) is 41.3 Å². The largest absolute Gasteiger partial charge is 0.482 e. The van der Waals surface area contributed by atoms with Crippen molar-refractivity contribution in [3.8, 4) is 5.75 Å². The molecular weight excluding hydrogens is 323 g/mol. The average molecular weight is 336 g/mol. The molecule has 0 fully saturated rings. The summed E-state index contributed by atoms with van der Waals surface area (Å²) in [5.74, 6) is -0.464. The molecule has 3 rings (SSSR count). The van der Waals surface area contributed by atoms with Crippen LogP contribution in [0.5, 0.6) is 5.75 Å². The fourth-order valence-electron chi connectivity index (χ4n) is 2.23. The van der Waals surface area contributed by atoms with Crippen molar-refractivity contribution in [2.24, 2.45) is 0 Å². The summed E-state index contributed by atoms with van der Waals surface area (Å²) in [4.78, 5) is 11.3. The number of carbonyl (C=O) groups is 1. The van der Waals surface area contributed by atoms with E-state index in [9.17, 15) is 17.6 Å². The van der Waals surface area contributed by atoms with Crippen LogP contribution in [0, 0.1) is 12.7 Å². The molecule has 0 bridgehead atoms. The second-order valence-electron chi connectivity index (χ2n) is 5.06. The molecule has 0 unspecified atom stereocenters. The smallest absolute Gasteiger partial charge is 0.262 e. The highest BCUT2D eigenvalue weighted by atomic mass is 32.2. The summed E-state index contributed by atoms with van der Waals surface area (Å²) in [5, 5.41) is 2.61. The zero-order valence-corrected chi connectivity index (χ0v) is 12.9. The van der Waals surface area contributed by atoms with Crippen LogP contribution in [-0.2, 0) is 14.8 Å². The van der Waals surface area contributed by atoms with Gasteiger partial charge in [0.2, 0.25) is 0 Å². The second-order valence-corrected chi connectivity index (χ2v) is 6.71. The summed E-state index contributed by atoms with van der Waals surface area (Å²) < 4.78 is 45.5. The van der Waals surface area contributed by atoms with Crippen molar-refractivity contribution < 1.29 is 22.3 Å². The van der Waals surface area contributed by atoms with Gasteiger partial charge in [-0.2, -0.15) is 0 Å². The number of sulfonamides is 1. The van der Waals surface area contributed by atoms with Crippen molar-refractivity contribution in [1.29, 1.82) is 0 Å². The maximum Gasteiger partial charge on any atom is 0.262 e. The van der Waals surface area contributed by atoms with E-state index in [-0.39, 0.29) is 28.8 Å². The van der Waals surface area contributed by atoms with Crippen molar-refractivity contribution in [2.45, 2.75) is 11.8 Å². The van der Waals surface area contributed by atoms with Gasteiger partial charge < -0.3 is 10.1 Å². The Morgan fingerprint density at radius 1 is 1.22 bits per heavy atom. The van der Waals surface area contributed by atoms with E-state index in [0.717, 1.165) is 12.1 Å². The van der Waals surface area contributed by atoms with Crippen molar-refractivity contribution in [3.05, 3.63) is 47.8 Å². The first-order chi connectivity index (χ1) is 10.8. The number of halogens is 1. The molecule has 0 saturated heterocycles. The van der Waals surface area contributed by atoms with E-state index >= 15 is 0 Å². The Kier molecular flexibility index (Phi) is 3.69. The molecular formula is C15H13FN2O4S. The Bertz CT molecular complexity index is 879. The number of hydrogen-bond donors (Lipinski definition) is 2. The van der Waals surface area contributed by atoms with Crippen LogP contribution < -0.4 is 14.8 Å². The Hall–Kier alpha value is -2.61. The molecule has 23 heavy (non-hydrogen) atoms. The molecule has 2 N–H and O–H groups in total. The van der Waals surface area contributed by atoms with E-state index in [4.69, 9.17) is 4.74 Å². The molecule has 1 amide bonds. The standard InChI is InChI=1S/C15H13FN2O4S/c1-9-6-12-13(22-8-15(19)17-12)7-14(9)23(20,21)18-11-4-2-10(16)3-5-11/h2-7,18H,8H2,1H3,(H,17,19). The number of ether oxygens (including phenoxy) is 1. The number of fused-ring (bicyclic) bond motifs is 1. The molecule has 0 aromatic heterocycles. The number of nitrogens with one attached hydrogen (secondary N) is 2. The van der Waals surface area contributed by atoms with E-state index in [0.29, 0.717) is 11.3 Å². The number of amides is 1. The molecule has 2 aromatic rings. The lowest BCUT2D eigenvalue weighted by molar-refractivity contribution is -0.118. The Morgan fingerprint density at radius 2 is 1.91 bits per heavy atom. The molecule has 1 aliphatic heterocycles. The minimum atomic E-state index is -3.87. The number of anilines is 2. The number of benzene rings is 2. The second kappa shape index (κ2) is 5.54. The lowest BCUT2D eigenvalue weighted by atomic mass is 10.2. The number of aryl methyl sites for hydroxylation is 1. The van der Waals surface area contributed by atoms with Crippen molar-refractivity contribution in [3.63, 3.8) is 0 Å². The third kappa shape index (κ3) is 3.11.